The molecule has 0 fully saturated rings. The number of ether oxygens (including phenoxy) is 1. The number of carbonyl (C=O) groups is 1. The molecule has 0 aliphatic carbocycles. The minimum Gasteiger partial charge on any atom is -0.451 e. The minimum absolute atomic E-state index is 0.104. The number of nitrogens with zero attached hydrogens (tertiary/aromatic N) is 4. The maximum Gasteiger partial charge on any atom is 0.349 e. The summed E-state index contributed by atoms with van der Waals surface area (Å²) in [5, 5.41) is 16.8. The predicted octanol–water partition coefficient (Wildman–Crippen LogP) is 4.20. The first kappa shape index (κ1) is 19.6. The number of halogens is 1. The Morgan fingerprint density at radius 2 is 2.00 bits per heavy atom. The Kier molecular flexibility index (Phi) is 5.76. The molecule has 0 aliphatic heterocycles. The van der Waals surface area contributed by atoms with Gasteiger partial charge in [-0.15, -0.1) is 10.2 Å². The van der Waals surface area contributed by atoms with Gasteiger partial charge in [-0.1, -0.05) is 15.9 Å². The quantitative estimate of drug-likeness (QED) is 0.335. The Morgan fingerprint density at radius 3 is 2.61 bits per heavy atom. The predicted molar refractivity (Wildman–Crippen MR) is 105 cm³/mol. The van der Waals surface area contributed by atoms with E-state index in [2.05, 4.69) is 30.7 Å². The van der Waals surface area contributed by atoms with Crippen LogP contribution < -0.4 is 0 Å². The van der Waals surface area contributed by atoms with Crippen LogP contribution in [0.2, 0.25) is 0 Å². The molecule has 0 N–H and O–H groups in total. The van der Waals surface area contributed by atoms with Crippen LogP contribution >= 0.6 is 15.9 Å². The second-order valence-electron chi connectivity index (χ2n) is 6.10. The standard InChI is InChI=1S/C20H17BrN4O3/c1-12-8-15(13(2)25(12)18-6-4-17(21)5-7-18)9-16(10-22)20(26)27-11-19-24-23-14(3)28-19/h4-9H,11H2,1-3H3/b16-9+. The molecule has 142 valence electrons. The Labute approximate surface area is 170 Å². The first-order chi connectivity index (χ1) is 13.4. The molecular formula is C20H17BrN4O3. The van der Waals surface area contributed by atoms with E-state index in [1.165, 1.54) is 6.08 Å². The molecule has 2 heterocycles. The van der Waals surface area contributed by atoms with Crippen LogP contribution in [0.4, 0.5) is 0 Å². The number of aromatic nitrogens is 3. The number of benzene rings is 1. The van der Waals surface area contributed by atoms with E-state index in [1.54, 1.807) is 6.92 Å². The highest BCUT2D eigenvalue weighted by atomic mass is 79.9. The summed E-state index contributed by atoms with van der Waals surface area (Å²) in [6, 6.07) is 11.7. The largest absolute Gasteiger partial charge is 0.451 e. The van der Waals surface area contributed by atoms with Crippen molar-refractivity contribution in [3.63, 3.8) is 0 Å². The zero-order valence-corrected chi connectivity index (χ0v) is 17.1. The van der Waals surface area contributed by atoms with Crippen molar-refractivity contribution in [3.05, 3.63) is 69.1 Å². The summed E-state index contributed by atoms with van der Waals surface area (Å²) in [5.74, 6) is -0.189. The van der Waals surface area contributed by atoms with Crippen molar-refractivity contribution in [2.45, 2.75) is 27.4 Å². The van der Waals surface area contributed by atoms with E-state index in [9.17, 15) is 10.1 Å². The third-order valence-corrected chi connectivity index (χ3v) is 4.62. The summed E-state index contributed by atoms with van der Waals surface area (Å²) in [5.41, 5.74) is 3.55. The molecule has 0 radical (unpaired) electrons. The third-order valence-electron chi connectivity index (χ3n) is 4.09. The maximum absolute atomic E-state index is 12.3. The van der Waals surface area contributed by atoms with E-state index in [4.69, 9.17) is 9.15 Å². The second kappa shape index (κ2) is 8.23. The topological polar surface area (TPSA) is 93.9 Å². The van der Waals surface area contributed by atoms with Gasteiger partial charge in [-0.25, -0.2) is 4.79 Å². The highest BCUT2D eigenvalue weighted by Crippen LogP contribution is 2.24. The molecule has 3 aromatic rings. The number of hydrogen-bond acceptors (Lipinski definition) is 6. The monoisotopic (exact) mass is 440 g/mol. The second-order valence-corrected chi connectivity index (χ2v) is 7.01. The van der Waals surface area contributed by atoms with Gasteiger partial charge >= 0.3 is 5.97 Å². The number of hydrogen-bond donors (Lipinski definition) is 0. The van der Waals surface area contributed by atoms with Gasteiger partial charge in [0.15, 0.2) is 6.61 Å². The van der Waals surface area contributed by atoms with Crippen molar-refractivity contribution < 1.29 is 13.9 Å². The van der Waals surface area contributed by atoms with Crippen LogP contribution in [0.3, 0.4) is 0 Å². The normalized spacial score (nSPS) is 11.3. The van der Waals surface area contributed by atoms with E-state index < -0.39 is 5.97 Å². The molecule has 3 rings (SSSR count). The molecule has 0 spiro atoms. The molecule has 0 bridgehead atoms. The van der Waals surface area contributed by atoms with Crippen LogP contribution in [0.25, 0.3) is 11.8 Å². The summed E-state index contributed by atoms with van der Waals surface area (Å²) >= 11 is 3.43. The minimum atomic E-state index is -0.744. The van der Waals surface area contributed by atoms with Crippen LogP contribution in [-0.2, 0) is 16.1 Å². The fourth-order valence-electron chi connectivity index (χ4n) is 2.81. The smallest absolute Gasteiger partial charge is 0.349 e. The van der Waals surface area contributed by atoms with Gasteiger partial charge in [0, 0.05) is 28.5 Å². The summed E-state index contributed by atoms with van der Waals surface area (Å²) in [6.45, 7) is 5.35. The SMILES string of the molecule is Cc1nnc(COC(=O)/C(C#N)=C/c2cc(C)n(-c3ccc(Br)cc3)c2C)o1. The molecule has 28 heavy (non-hydrogen) atoms. The van der Waals surface area contributed by atoms with Crippen molar-refractivity contribution in [1.29, 1.82) is 5.26 Å². The number of esters is 1. The molecular weight excluding hydrogens is 424 g/mol. The lowest BCUT2D eigenvalue weighted by atomic mass is 10.1. The number of nitriles is 1. The summed E-state index contributed by atoms with van der Waals surface area (Å²) < 4.78 is 13.3. The Morgan fingerprint density at radius 1 is 1.29 bits per heavy atom. The lowest BCUT2D eigenvalue weighted by Crippen LogP contribution is -2.07. The summed E-state index contributed by atoms with van der Waals surface area (Å²) in [4.78, 5) is 12.3. The zero-order chi connectivity index (χ0) is 20.3. The lowest BCUT2D eigenvalue weighted by molar-refractivity contribution is -0.140. The zero-order valence-electron chi connectivity index (χ0n) is 15.6. The summed E-state index contributed by atoms with van der Waals surface area (Å²) in [6.07, 6.45) is 1.53. The van der Waals surface area contributed by atoms with Gasteiger partial charge in [0.25, 0.3) is 5.89 Å². The Hall–Kier alpha value is -3.18. The number of carbonyl (C=O) groups excluding carboxylic acids is 1. The molecule has 0 atom stereocenters. The van der Waals surface area contributed by atoms with E-state index >= 15 is 0 Å². The third kappa shape index (κ3) is 4.21. The van der Waals surface area contributed by atoms with Crippen LogP contribution in [0, 0.1) is 32.1 Å². The van der Waals surface area contributed by atoms with Crippen LogP contribution in [0.5, 0.6) is 0 Å². The average Bonchev–Trinajstić information content (AvgIpc) is 3.21. The van der Waals surface area contributed by atoms with Gasteiger partial charge in [0.2, 0.25) is 5.89 Å². The molecule has 7 nitrogen and oxygen atoms in total. The Bertz CT molecular complexity index is 1090. The number of rotatable bonds is 5. The van der Waals surface area contributed by atoms with Crippen molar-refractivity contribution in [3.8, 4) is 11.8 Å². The highest BCUT2D eigenvalue weighted by Gasteiger charge is 2.16. The van der Waals surface area contributed by atoms with E-state index in [-0.39, 0.29) is 18.1 Å². The van der Waals surface area contributed by atoms with Crippen LogP contribution in [0.1, 0.15) is 28.7 Å². The first-order valence-electron chi connectivity index (χ1n) is 8.42. The van der Waals surface area contributed by atoms with E-state index in [0.29, 0.717) is 5.89 Å². The fourth-order valence-corrected chi connectivity index (χ4v) is 3.08. The van der Waals surface area contributed by atoms with Gasteiger partial charge in [-0.05, 0) is 55.8 Å². The van der Waals surface area contributed by atoms with Gasteiger partial charge in [0.1, 0.15) is 11.6 Å². The highest BCUT2D eigenvalue weighted by molar-refractivity contribution is 9.10. The van der Waals surface area contributed by atoms with Crippen molar-refractivity contribution in [2.24, 2.45) is 0 Å². The van der Waals surface area contributed by atoms with Gasteiger partial charge in [-0.2, -0.15) is 5.26 Å². The average molecular weight is 441 g/mol. The van der Waals surface area contributed by atoms with E-state index in [0.717, 1.165) is 27.1 Å². The van der Waals surface area contributed by atoms with Gasteiger partial charge in [-0.3, -0.25) is 0 Å². The molecule has 0 saturated heterocycles. The first-order valence-corrected chi connectivity index (χ1v) is 9.21. The fraction of sp³-hybridized carbons (Fsp3) is 0.200. The van der Waals surface area contributed by atoms with Crippen LogP contribution in [0.15, 0.2) is 44.8 Å². The maximum atomic E-state index is 12.3. The molecule has 0 aliphatic rings. The molecule has 0 amide bonds. The molecule has 1 aromatic carbocycles. The summed E-state index contributed by atoms with van der Waals surface area (Å²) in [7, 11) is 0. The van der Waals surface area contributed by atoms with Crippen LogP contribution in [-0.4, -0.2) is 20.7 Å². The van der Waals surface area contributed by atoms with Crippen molar-refractivity contribution >= 4 is 28.0 Å². The van der Waals surface area contributed by atoms with E-state index in [1.807, 2.05) is 50.2 Å². The molecule has 0 saturated carbocycles. The van der Waals surface area contributed by atoms with Gasteiger partial charge in [0.05, 0.1) is 0 Å². The lowest BCUT2D eigenvalue weighted by Gasteiger charge is -2.09. The Balaban J connectivity index is 1.84. The van der Waals surface area contributed by atoms with Crippen molar-refractivity contribution in [2.75, 3.05) is 0 Å². The molecule has 0 unspecified atom stereocenters. The number of aryl methyl sites for hydroxylation is 2. The molecule has 8 heteroatoms. The van der Waals surface area contributed by atoms with Crippen molar-refractivity contribution in [1.82, 2.24) is 14.8 Å². The molecule has 2 aromatic heterocycles. The van der Waals surface area contributed by atoms with Gasteiger partial charge < -0.3 is 13.7 Å².